The third kappa shape index (κ3) is 3.13. The van der Waals surface area contributed by atoms with E-state index in [1.54, 1.807) is 30.3 Å². The average molecular weight is 266 g/mol. The minimum absolute atomic E-state index is 0.271. The van der Waals surface area contributed by atoms with Gasteiger partial charge in [0.25, 0.3) is 0 Å². The van der Waals surface area contributed by atoms with Gasteiger partial charge in [-0.05, 0) is 24.3 Å². The van der Waals surface area contributed by atoms with E-state index >= 15 is 0 Å². The standard InChI is InChI=1S/C14H9F3O2/c15-11-6-9(7-12(16)14(11)17)13(18)8-19-10-4-2-1-3-5-10/h1-7H,8H2. The Labute approximate surface area is 107 Å². The molecular weight excluding hydrogens is 257 g/mol. The van der Waals surface area contributed by atoms with Crippen molar-refractivity contribution in [2.75, 3.05) is 6.61 Å². The van der Waals surface area contributed by atoms with Gasteiger partial charge in [-0.15, -0.1) is 0 Å². The zero-order chi connectivity index (χ0) is 13.8. The van der Waals surface area contributed by atoms with Crippen LogP contribution in [0.4, 0.5) is 13.2 Å². The van der Waals surface area contributed by atoms with Crippen LogP contribution in [-0.4, -0.2) is 12.4 Å². The first-order valence-electron chi connectivity index (χ1n) is 5.43. The second-order valence-electron chi connectivity index (χ2n) is 3.78. The minimum atomic E-state index is -1.60. The summed E-state index contributed by atoms with van der Waals surface area (Å²) in [6, 6.07) is 9.79. The molecule has 0 aliphatic rings. The maximum atomic E-state index is 13.0. The summed E-state index contributed by atoms with van der Waals surface area (Å²) in [6.45, 7) is -0.380. The Bertz CT molecular complexity index is 574. The second-order valence-corrected chi connectivity index (χ2v) is 3.78. The number of carbonyl (C=O) groups is 1. The number of rotatable bonds is 4. The van der Waals surface area contributed by atoms with Crippen LogP contribution in [0.2, 0.25) is 0 Å². The van der Waals surface area contributed by atoms with Gasteiger partial charge < -0.3 is 4.74 Å². The molecule has 0 aliphatic carbocycles. The lowest BCUT2D eigenvalue weighted by Gasteiger charge is -2.06. The van der Waals surface area contributed by atoms with Crippen molar-refractivity contribution >= 4 is 5.78 Å². The van der Waals surface area contributed by atoms with Crippen LogP contribution < -0.4 is 4.74 Å². The van der Waals surface area contributed by atoms with Gasteiger partial charge in [0.05, 0.1) is 0 Å². The highest BCUT2D eigenvalue weighted by atomic mass is 19.2. The number of ketones is 1. The number of para-hydroxylation sites is 1. The summed E-state index contributed by atoms with van der Waals surface area (Å²) < 4.78 is 43.8. The van der Waals surface area contributed by atoms with Crippen LogP contribution in [0, 0.1) is 17.5 Å². The van der Waals surface area contributed by atoms with Crippen LogP contribution >= 0.6 is 0 Å². The molecule has 2 aromatic carbocycles. The van der Waals surface area contributed by atoms with Gasteiger partial charge in [-0.1, -0.05) is 18.2 Å². The molecule has 0 aliphatic heterocycles. The van der Waals surface area contributed by atoms with Crippen LogP contribution in [-0.2, 0) is 0 Å². The Morgan fingerprint density at radius 3 is 2.16 bits per heavy atom. The van der Waals surface area contributed by atoms with E-state index in [1.807, 2.05) is 0 Å². The molecule has 0 atom stereocenters. The predicted octanol–water partition coefficient (Wildman–Crippen LogP) is 3.37. The molecule has 0 saturated carbocycles. The summed E-state index contributed by atoms with van der Waals surface area (Å²) in [5.74, 6) is -4.58. The maximum absolute atomic E-state index is 13.0. The molecule has 19 heavy (non-hydrogen) atoms. The topological polar surface area (TPSA) is 26.3 Å². The van der Waals surface area contributed by atoms with Crippen LogP contribution in [0.3, 0.4) is 0 Å². The van der Waals surface area contributed by atoms with Crippen molar-refractivity contribution in [1.82, 2.24) is 0 Å². The molecular formula is C14H9F3O2. The SMILES string of the molecule is O=C(COc1ccccc1)c1cc(F)c(F)c(F)c1. The molecule has 0 N–H and O–H groups in total. The van der Waals surface area contributed by atoms with Crippen LogP contribution in [0.5, 0.6) is 5.75 Å². The normalized spacial score (nSPS) is 10.3. The molecule has 0 heterocycles. The Hall–Kier alpha value is -2.30. The summed E-state index contributed by atoms with van der Waals surface area (Å²) in [7, 11) is 0. The summed E-state index contributed by atoms with van der Waals surface area (Å²) in [5, 5.41) is 0. The number of halogens is 3. The third-order valence-electron chi connectivity index (χ3n) is 2.42. The van der Waals surface area contributed by atoms with E-state index in [1.165, 1.54) is 0 Å². The van der Waals surface area contributed by atoms with Gasteiger partial charge in [-0.3, -0.25) is 4.79 Å². The number of Topliss-reactive ketones (excluding diaryl/α,β-unsaturated/α-hetero) is 1. The summed E-state index contributed by atoms with van der Waals surface area (Å²) in [4.78, 5) is 11.7. The van der Waals surface area contributed by atoms with Crippen molar-refractivity contribution in [3.05, 3.63) is 65.5 Å². The van der Waals surface area contributed by atoms with Gasteiger partial charge in [0, 0.05) is 5.56 Å². The van der Waals surface area contributed by atoms with E-state index < -0.39 is 23.2 Å². The monoisotopic (exact) mass is 266 g/mol. The summed E-state index contributed by atoms with van der Waals surface area (Å²) in [6.07, 6.45) is 0. The van der Waals surface area contributed by atoms with Crippen molar-refractivity contribution in [2.45, 2.75) is 0 Å². The Kier molecular flexibility index (Phi) is 3.85. The van der Waals surface area contributed by atoms with Gasteiger partial charge in [-0.25, -0.2) is 13.2 Å². The molecule has 2 nitrogen and oxygen atoms in total. The van der Waals surface area contributed by atoms with Gasteiger partial charge in [-0.2, -0.15) is 0 Å². The van der Waals surface area contributed by atoms with Crippen molar-refractivity contribution < 1.29 is 22.7 Å². The molecule has 0 aromatic heterocycles. The lowest BCUT2D eigenvalue weighted by atomic mass is 10.1. The van der Waals surface area contributed by atoms with Gasteiger partial charge in [0.2, 0.25) is 0 Å². The highest BCUT2D eigenvalue weighted by molar-refractivity contribution is 5.97. The van der Waals surface area contributed by atoms with Crippen LogP contribution in [0.25, 0.3) is 0 Å². The molecule has 0 amide bonds. The average Bonchev–Trinajstić information content (AvgIpc) is 2.42. The predicted molar refractivity (Wildman–Crippen MR) is 62.6 cm³/mol. The molecule has 98 valence electrons. The van der Waals surface area contributed by atoms with E-state index in [0.717, 1.165) is 0 Å². The van der Waals surface area contributed by atoms with E-state index in [9.17, 15) is 18.0 Å². The van der Waals surface area contributed by atoms with E-state index in [2.05, 4.69) is 0 Å². The molecule has 2 rings (SSSR count). The van der Waals surface area contributed by atoms with Crippen molar-refractivity contribution in [3.8, 4) is 5.75 Å². The Balaban J connectivity index is 2.08. The Morgan fingerprint density at radius 1 is 1.00 bits per heavy atom. The quantitative estimate of drug-likeness (QED) is 0.626. The van der Waals surface area contributed by atoms with Gasteiger partial charge >= 0.3 is 0 Å². The van der Waals surface area contributed by atoms with Gasteiger partial charge in [0.1, 0.15) is 5.75 Å². The molecule has 5 heteroatoms. The number of carbonyl (C=O) groups excluding carboxylic acids is 1. The van der Waals surface area contributed by atoms with E-state index in [0.29, 0.717) is 17.9 Å². The summed E-state index contributed by atoms with van der Waals surface area (Å²) in [5.41, 5.74) is -0.271. The number of hydrogen-bond acceptors (Lipinski definition) is 2. The lowest BCUT2D eigenvalue weighted by molar-refractivity contribution is 0.0920. The largest absolute Gasteiger partial charge is 0.485 e. The van der Waals surface area contributed by atoms with Crippen molar-refractivity contribution in [2.24, 2.45) is 0 Å². The fraction of sp³-hybridized carbons (Fsp3) is 0.0714. The van der Waals surface area contributed by atoms with Gasteiger partial charge in [0.15, 0.2) is 29.8 Å². The minimum Gasteiger partial charge on any atom is -0.485 e. The molecule has 0 bridgehead atoms. The van der Waals surface area contributed by atoms with Crippen molar-refractivity contribution in [3.63, 3.8) is 0 Å². The number of ether oxygens (including phenoxy) is 1. The van der Waals surface area contributed by atoms with E-state index in [4.69, 9.17) is 4.74 Å². The maximum Gasteiger partial charge on any atom is 0.200 e. The molecule has 0 unspecified atom stereocenters. The zero-order valence-electron chi connectivity index (χ0n) is 9.70. The molecule has 0 fully saturated rings. The fourth-order valence-electron chi connectivity index (χ4n) is 1.47. The first-order valence-corrected chi connectivity index (χ1v) is 5.43. The molecule has 0 spiro atoms. The number of hydrogen-bond donors (Lipinski definition) is 0. The summed E-state index contributed by atoms with van der Waals surface area (Å²) >= 11 is 0. The highest BCUT2D eigenvalue weighted by Gasteiger charge is 2.15. The fourth-order valence-corrected chi connectivity index (χ4v) is 1.47. The van der Waals surface area contributed by atoms with Crippen LogP contribution in [0.1, 0.15) is 10.4 Å². The first kappa shape index (κ1) is 13.1. The zero-order valence-corrected chi connectivity index (χ0v) is 9.70. The highest BCUT2D eigenvalue weighted by Crippen LogP contribution is 2.15. The second kappa shape index (κ2) is 5.56. The molecule has 0 radical (unpaired) electrons. The van der Waals surface area contributed by atoms with Crippen molar-refractivity contribution in [1.29, 1.82) is 0 Å². The Morgan fingerprint density at radius 2 is 1.58 bits per heavy atom. The smallest absolute Gasteiger partial charge is 0.200 e. The van der Waals surface area contributed by atoms with Crippen LogP contribution in [0.15, 0.2) is 42.5 Å². The number of benzene rings is 2. The molecule has 2 aromatic rings. The molecule has 0 saturated heterocycles. The van der Waals surface area contributed by atoms with E-state index in [-0.39, 0.29) is 12.2 Å². The lowest BCUT2D eigenvalue weighted by Crippen LogP contribution is -2.12. The third-order valence-corrected chi connectivity index (χ3v) is 2.42. The first-order chi connectivity index (χ1) is 9.08.